The molecule has 1 aromatic carbocycles. The van der Waals surface area contributed by atoms with Crippen molar-refractivity contribution in [3.05, 3.63) is 33.9 Å². The molecule has 0 bridgehead atoms. The van der Waals surface area contributed by atoms with Gasteiger partial charge in [-0.3, -0.25) is 10.1 Å². The fourth-order valence-corrected chi connectivity index (χ4v) is 1.32. The summed E-state index contributed by atoms with van der Waals surface area (Å²) in [6.45, 7) is 4.04. The lowest BCUT2D eigenvalue weighted by atomic mass is 9.96. The first-order chi connectivity index (χ1) is 6.56. The fraction of sp³-hybridized carbons (Fsp3) is 0.400. The summed E-state index contributed by atoms with van der Waals surface area (Å²) >= 11 is 0. The molecule has 1 rings (SSSR count). The summed E-state index contributed by atoms with van der Waals surface area (Å²) in [5.41, 5.74) is 7.34. The summed E-state index contributed by atoms with van der Waals surface area (Å²) in [6, 6.07) is 4.59. The molecule has 14 heavy (non-hydrogen) atoms. The standard InChI is InChI=1S/C10H14N2O2/c1-3-7(2)9-6-8(12(13)14)4-5-10(9)11/h4-7H,3,11H2,1-2H3. The lowest BCUT2D eigenvalue weighted by molar-refractivity contribution is -0.384. The van der Waals surface area contributed by atoms with E-state index in [9.17, 15) is 10.1 Å². The Morgan fingerprint density at radius 1 is 1.57 bits per heavy atom. The highest BCUT2D eigenvalue weighted by molar-refractivity contribution is 5.54. The molecule has 1 atom stereocenters. The molecule has 0 aliphatic carbocycles. The molecule has 0 aromatic heterocycles. The van der Waals surface area contributed by atoms with Gasteiger partial charge in [-0.15, -0.1) is 0 Å². The van der Waals surface area contributed by atoms with Gasteiger partial charge in [-0.05, 0) is 24.0 Å². The number of nitrogens with zero attached hydrogens (tertiary/aromatic N) is 1. The minimum absolute atomic E-state index is 0.106. The summed E-state index contributed by atoms with van der Waals surface area (Å²) in [5, 5.41) is 10.5. The number of anilines is 1. The SMILES string of the molecule is CCC(C)c1cc([N+](=O)[O-])ccc1N. The Hall–Kier alpha value is -1.58. The van der Waals surface area contributed by atoms with E-state index in [1.165, 1.54) is 6.07 Å². The number of nitrogens with two attached hydrogens (primary N) is 1. The first-order valence-corrected chi connectivity index (χ1v) is 4.60. The van der Waals surface area contributed by atoms with Crippen LogP contribution in [0, 0.1) is 10.1 Å². The van der Waals surface area contributed by atoms with E-state index in [0.29, 0.717) is 5.69 Å². The Balaban J connectivity index is 3.14. The van der Waals surface area contributed by atoms with Gasteiger partial charge in [0.15, 0.2) is 0 Å². The van der Waals surface area contributed by atoms with Crippen molar-refractivity contribution in [1.29, 1.82) is 0 Å². The van der Waals surface area contributed by atoms with E-state index in [1.807, 2.05) is 13.8 Å². The molecular weight excluding hydrogens is 180 g/mol. The predicted molar refractivity (Wildman–Crippen MR) is 56.2 cm³/mol. The summed E-state index contributed by atoms with van der Waals surface area (Å²) < 4.78 is 0. The van der Waals surface area contributed by atoms with Crippen LogP contribution >= 0.6 is 0 Å². The zero-order chi connectivity index (χ0) is 10.7. The molecule has 0 saturated heterocycles. The van der Waals surface area contributed by atoms with Crippen molar-refractivity contribution in [3.63, 3.8) is 0 Å². The molecule has 1 aromatic rings. The number of nitro benzene ring substituents is 1. The van der Waals surface area contributed by atoms with E-state index in [-0.39, 0.29) is 11.6 Å². The third-order valence-corrected chi connectivity index (χ3v) is 2.42. The molecule has 0 heterocycles. The molecule has 4 nitrogen and oxygen atoms in total. The number of hydrogen-bond acceptors (Lipinski definition) is 3. The second-order valence-electron chi connectivity index (χ2n) is 3.38. The molecule has 0 amide bonds. The third-order valence-electron chi connectivity index (χ3n) is 2.42. The van der Waals surface area contributed by atoms with Gasteiger partial charge in [0.2, 0.25) is 0 Å². The normalized spacial score (nSPS) is 12.4. The first kappa shape index (κ1) is 10.5. The van der Waals surface area contributed by atoms with Crippen LogP contribution in [0.1, 0.15) is 31.7 Å². The van der Waals surface area contributed by atoms with Crippen molar-refractivity contribution in [2.45, 2.75) is 26.2 Å². The summed E-state index contributed by atoms with van der Waals surface area (Å²) in [6.07, 6.45) is 0.922. The average molecular weight is 194 g/mol. The van der Waals surface area contributed by atoms with Crippen LogP contribution in [-0.2, 0) is 0 Å². The lowest BCUT2D eigenvalue weighted by Crippen LogP contribution is -2.00. The van der Waals surface area contributed by atoms with Crippen molar-refractivity contribution in [3.8, 4) is 0 Å². The van der Waals surface area contributed by atoms with Crippen LogP contribution in [0.15, 0.2) is 18.2 Å². The van der Waals surface area contributed by atoms with E-state index in [1.54, 1.807) is 12.1 Å². The smallest absolute Gasteiger partial charge is 0.269 e. The van der Waals surface area contributed by atoms with Gasteiger partial charge >= 0.3 is 0 Å². The second kappa shape index (κ2) is 4.09. The highest BCUT2D eigenvalue weighted by Gasteiger charge is 2.12. The van der Waals surface area contributed by atoms with Crippen molar-refractivity contribution < 1.29 is 4.92 Å². The Labute approximate surface area is 82.9 Å². The highest BCUT2D eigenvalue weighted by Crippen LogP contribution is 2.28. The van der Waals surface area contributed by atoms with Gasteiger partial charge in [-0.1, -0.05) is 13.8 Å². The zero-order valence-electron chi connectivity index (χ0n) is 8.36. The van der Waals surface area contributed by atoms with Gasteiger partial charge < -0.3 is 5.73 Å². The Kier molecular flexibility index (Phi) is 3.06. The number of nitrogen functional groups attached to an aromatic ring is 1. The summed E-state index contributed by atoms with van der Waals surface area (Å²) in [7, 11) is 0. The Morgan fingerprint density at radius 3 is 2.71 bits per heavy atom. The van der Waals surface area contributed by atoms with Crippen molar-refractivity contribution >= 4 is 11.4 Å². The van der Waals surface area contributed by atoms with Gasteiger partial charge in [0, 0.05) is 17.8 Å². The summed E-state index contributed by atoms with van der Waals surface area (Å²) in [5.74, 6) is 0.259. The van der Waals surface area contributed by atoms with E-state index in [2.05, 4.69) is 0 Å². The minimum atomic E-state index is -0.397. The molecule has 2 N–H and O–H groups in total. The molecule has 0 aliphatic rings. The third kappa shape index (κ3) is 2.02. The molecule has 0 radical (unpaired) electrons. The molecule has 1 unspecified atom stereocenters. The van der Waals surface area contributed by atoms with Crippen molar-refractivity contribution in [2.24, 2.45) is 0 Å². The Bertz CT molecular complexity index is 350. The van der Waals surface area contributed by atoms with Crippen molar-refractivity contribution in [2.75, 3.05) is 5.73 Å². The number of rotatable bonds is 3. The highest BCUT2D eigenvalue weighted by atomic mass is 16.6. The van der Waals surface area contributed by atoms with Crippen molar-refractivity contribution in [1.82, 2.24) is 0 Å². The molecule has 0 aliphatic heterocycles. The quantitative estimate of drug-likeness (QED) is 0.457. The van der Waals surface area contributed by atoms with Crippen LogP contribution in [0.5, 0.6) is 0 Å². The maximum Gasteiger partial charge on any atom is 0.269 e. The van der Waals surface area contributed by atoms with Crippen LogP contribution in [0.3, 0.4) is 0 Å². The maximum absolute atomic E-state index is 10.5. The van der Waals surface area contributed by atoms with Gasteiger partial charge in [0.05, 0.1) is 4.92 Å². The minimum Gasteiger partial charge on any atom is -0.398 e. The van der Waals surface area contributed by atoms with E-state index in [0.717, 1.165) is 12.0 Å². The van der Waals surface area contributed by atoms with E-state index in [4.69, 9.17) is 5.73 Å². The van der Waals surface area contributed by atoms with E-state index < -0.39 is 4.92 Å². The maximum atomic E-state index is 10.5. The predicted octanol–water partition coefficient (Wildman–Crippen LogP) is 2.69. The first-order valence-electron chi connectivity index (χ1n) is 4.60. The fourth-order valence-electron chi connectivity index (χ4n) is 1.32. The number of benzene rings is 1. The van der Waals surface area contributed by atoms with Gasteiger partial charge in [-0.2, -0.15) is 0 Å². The van der Waals surface area contributed by atoms with Gasteiger partial charge in [0.1, 0.15) is 0 Å². The second-order valence-corrected chi connectivity index (χ2v) is 3.38. The van der Waals surface area contributed by atoms with Gasteiger partial charge in [-0.25, -0.2) is 0 Å². The van der Waals surface area contributed by atoms with Crippen LogP contribution in [0.2, 0.25) is 0 Å². The molecule has 4 heteroatoms. The molecule has 0 spiro atoms. The monoisotopic (exact) mass is 194 g/mol. The number of non-ortho nitro benzene ring substituents is 1. The zero-order valence-corrected chi connectivity index (χ0v) is 8.36. The molecule has 0 fully saturated rings. The topological polar surface area (TPSA) is 69.2 Å². The summed E-state index contributed by atoms with van der Waals surface area (Å²) in [4.78, 5) is 10.1. The molecular formula is C10H14N2O2. The lowest BCUT2D eigenvalue weighted by Gasteiger charge is -2.11. The van der Waals surface area contributed by atoms with Crippen LogP contribution < -0.4 is 5.73 Å². The average Bonchev–Trinajstić information content (AvgIpc) is 2.17. The van der Waals surface area contributed by atoms with Gasteiger partial charge in [0.25, 0.3) is 5.69 Å². The van der Waals surface area contributed by atoms with E-state index >= 15 is 0 Å². The Morgan fingerprint density at radius 2 is 2.21 bits per heavy atom. The van der Waals surface area contributed by atoms with Crippen LogP contribution in [-0.4, -0.2) is 4.92 Å². The van der Waals surface area contributed by atoms with Crippen LogP contribution in [0.25, 0.3) is 0 Å². The number of hydrogen-bond donors (Lipinski definition) is 1. The number of nitro groups is 1. The molecule has 76 valence electrons. The largest absolute Gasteiger partial charge is 0.398 e. The molecule has 0 saturated carbocycles. The van der Waals surface area contributed by atoms with Crippen LogP contribution in [0.4, 0.5) is 11.4 Å².